The van der Waals surface area contributed by atoms with Crippen LogP contribution in [0.15, 0.2) is 27.1 Å². The SMILES string of the molecule is Cl.N[C@H](c1ccc(Br)c(Br)c1)[C@@H](O)C(F)(F)F. The lowest BCUT2D eigenvalue weighted by molar-refractivity contribution is -0.210. The van der Waals surface area contributed by atoms with Gasteiger partial charge in [-0.2, -0.15) is 13.2 Å². The second kappa shape index (κ2) is 6.38. The molecule has 2 atom stereocenters. The van der Waals surface area contributed by atoms with E-state index in [2.05, 4.69) is 31.9 Å². The quantitative estimate of drug-likeness (QED) is 0.799. The summed E-state index contributed by atoms with van der Waals surface area (Å²) in [6.45, 7) is 0. The molecule has 8 heteroatoms. The summed E-state index contributed by atoms with van der Waals surface area (Å²) in [5.74, 6) is 0. The normalized spacial score (nSPS) is 15.0. The molecule has 2 nitrogen and oxygen atoms in total. The molecule has 17 heavy (non-hydrogen) atoms. The van der Waals surface area contributed by atoms with E-state index in [1.807, 2.05) is 0 Å². The van der Waals surface area contributed by atoms with E-state index >= 15 is 0 Å². The van der Waals surface area contributed by atoms with Gasteiger partial charge in [0, 0.05) is 8.95 Å². The van der Waals surface area contributed by atoms with E-state index < -0.39 is 18.3 Å². The molecule has 98 valence electrons. The number of halogens is 6. The largest absolute Gasteiger partial charge is 0.416 e. The highest BCUT2D eigenvalue weighted by molar-refractivity contribution is 9.13. The van der Waals surface area contributed by atoms with Gasteiger partial charge >= 0.3 is 6.18 Å². The second-order valence-corrected chi connectivity index (χ2v) is 4.89. The van der Waals surface area contributed by atoms with Crippen LogP contribution in [0.2, 0.25) is 0 Å². The van der Waals surface area contributed by atoms with Crippen LogP contribution in [-0.4, -0.2) is 17.4 Å². The summed E-state index contributed by atoms with van der Waals surface area (Å²) in [5, 5.41) is 8.99. The van der Waals surface area contributed by atoms with Crippen molar-refractivity contribution in [2.75, 3.05) is 0 Å². The summed E-state index contributed by atoms with van der Waals surface area (Å²) in [6, 6.07) is 2.92. The van der Waals surface area contributed by atoms with Crippen LogP contribution in [0.1, 0.15) is 11.6 Å². The van der Waals surface area contributed by atoms with Gasteiger partial charge in [0.05, 0.1) is 6.04 Å². The van der Waals surface area contributed by atoms with Crippen LogP contribution in [0.25, 0.3) is 0 Å². The number of aliphatic hydroxyl groups is 1. The molecule has 0 aromatic heterocycles. The van der Waals surface area contributed by atoms with E-state index in [-0.39, 0.29) is 18.0 Å². The van der Waals surface area contributed by atoms with Crippen LogP contribution in [0, 0.1) is 0 Å². The maximum Gasteiger partial charge on any atom is 0.416 e. The van der Waals surface area contributed by atoms with Crippen molar-refractivity contribution in [3.05, 3.63) is 32.7 Å². The number of nitrogens with two attached hydrogens (primary N) is 1. The molecule has 0 fully saturated rings. The fourth-order valence-electron chi connectivity index (χ4n) is 1.11. The van der Waals surface area contributed by atoms with Crippen LogP contribution < -0.4 is 5.73 Å². The molecule has 0 aliphatic heterocycles. The molecular weight excluding hydrogens is 390 g/mol. The summed E-state index contributed by atoms with van der Waals surface area (Å²) < 4.78 is 37.9. The zero-order valence-electron chi connectivity index (χ0n) is 8.21. The summed E-state index contributed by atoms with van der Waals surface area (Å²) in [7, 11) is 0. The van der Waals surface area contributed by atoms with Gasteiger partial charge in [-0.1, -0.05) is 6.07 Å². The first kappa shape index (κ1) is 17.2. The number of hydrogen-bond donors (Lipinski definition) is 2. The first-order valence-electron chi connectivity index (χ1n) is 4.19. The summed E-state index contributed by atoms with van der Waals surface area (Å²) in [5.41, 5.74) is 5.55. The molecule has 3 N–H and O–H groups in total. The Morgan fingerprint density at radius 1 is 1.18 bits per heavy atom. The third kappa shape index (κ3) is 4.40. The standard InChI is InChI=1S/C9H8Br2F3NO.ClH/c10-5-2-1-4(3-6(5)11)7(15)8(16)9(12,13)14;/h1-3,7-8,16H,15H2;1H/t7-,8-;/m1./s1. The van der Waals surface area contributed by atoms with E-state index in [4.69, 9.17) is 10.8 Å². The Kier molecular flexibility index (Phi) is 6.44. The molecule has 0 spiro atoms. The zero-order chi connectivity index (χ0) is 12.5. The molecule has 0 saturated carbocycles. The van der Waals surface area contributed by atoms with Gasteiger partial charge in [-0.25, -0.2) is 0 Å². The van der Waals surface area contributed by atoms with E-state index in [1.165, 1.54) is 12.1 Å². The average Bonchev–Trinajstić information content (AvgIpc) is 2.18. The van der Waals surface area contributed by atoms with Crippen molar-refractivity contribution in [1.82, 2.24) is 0 Å². The fourth-order valence-corrected chi connectivity index (χ4v) is 1.75. The van der Waals surface area contributed by atoms with E-state index in [1.54, 1.807) is 6.07 Å². The molecule has 0 saturated heterocycles. The van der Waals surface area contributed by atoms with E-state index in [0.717, 1.165) is 0 Å². The van der Waals surface area contributed by atoms with Gasteiger partial charge in [-0.15, -0.1) is 12.4 Å². The monoisotopic (exact) mass is 397 g/mol. The van der Waals surface area contributed by atoms with Crippen molar-refractivity contribution in [2.45, 2.75) is 18.3 Å². The van der Waals surface area contributed by atoms with Gasteiger partial charge in [-0.05, 0) is 49.6 Å². The van der Waals surface area contributed by atoms with Crippen LogP contribution >= 0.6 is 44.3 Å². The molecule has 0 radical (unpaired) electrons. The molecule has 0 aliphatic rings. The van der Waals surface area contributed by atoms with Gasteiger partial charge in [0.2, 0.25) is 0 Å². The minimum Gasteiger partial charge on any atom is -0.382 e. The highest BCUT2D eigenvalue weighted by Crippen LogP contribution is 2.31. The Hall–Kier alpha value is 0.180. The Bertz CT molecular complexity index is 389. The highest BCUT2D eigenvalue weighted by Gasteiger charge is 2.42. The molecule has 1 aromatic rings. The maximum absolute atomic E-state index is 12.2. The fraction of sp³-hybridized carbons (Fsp3) is 0.333. The first-order valence-corrected chi connectivity index (χ1v) is 5.77. The van der Waals surface area contributed by atoms with Crippen molar-refractivity contribution in [2.24, 2.45) is 5.73 Å². The molecule has 0 amide bonds. The van der Waals surface area contributed by atoms with Crippen LogP contribution in [-0.2, 0) is 0 Å². The summed E-state index contributed by atoms with van der Waals surface area (Å²) in [4.78, 5) is 0. The minimum absolute atomic E-state index is 0. The van der Waals surface area contributed by atoms with Crippen LogP contribution in [0.3, 0.4) is 0 Å². The summed E-state index contributed by atoms with van der Waals surface area (Å²) in [6.07, 6.45) is -7.29. The summed E-state index contributed by atoms with van der Waals surface area (Å²) >= 11 is 6.33. The topological polar surface area (TPSA) is 46.2 Å². The van der Waals surface area contributed by atoms with Gasteiger partial charge < -0.3 is 10.8 Å². The Morgan fingerprint density at radius 2 is 1.71 bits per heavy atom. The predicted octanol–water partition coefficient (Wildman–Crippen LogP) is 3.56. The Morgan fingerprint density at radius 3 is 2.12 bits per heavy atom. The molecular formula is C9H9Br2ClF3NO. The smallest absolute Gasteiger partial charge is 0.382 e. The predicted molar refractivity (Wildman–Crippen MR) is 68.1 cm³/mol. The van der Waals surface area contributed by atoms with Crippen LogP contribution in [0.4, 0.5) is 13.2 Å². The van der Waals surface area contributed by atoms with E-state index in [0.29, 0.717) is 8.95 Å². The van der Waals surface area contributed by atoms with Gasteiger partial charge in [-0.3, -0.25) is 0 Å². The third-order valence-corrected chi connectivity index (χ3v) is 3.88. The van der Waals surface area contributed by atoms with Gasteiger partial charge in [0.1, 0.15) is 0 Å². The highest BCUT2D eigenvalue weighted by atomic mass is 79.9. The number of aliphatic hydroxyl groups excluding tert-OH is 1. The number of rotatable bonds is 2. The molecule has 1 aromatic carbocycles. The van der Waals surface area contributed by atoms with Gasteiger partial charge in [0.25, 0.3) is 0 Å². The van der Waals surface area contributed by atoms with Gasteiger partial charge in [0.15, 0.2) is 6.10 Å². The van der Waals surface area contributed by atoms with Crippen molar-refractivity contribution in [3.8, 4) is 0 Å². The zero-order valence-corrected chi connectivity index (χ0v) is 12.2. The van der Waals surface area contributed by atoms with Crippen LogP contribution in [0.5, 0.6) is 0 Å². The molecule has 0 unspecified atom stereocenters. The van der Waals surface area contributed by atoms with Crippen molar-refractivity contribution in [1.29, 1.82) is 0 Å². The lowest BCUT2D eigenvalue weighted by Crippen LogP contribution is -2.38. The molecule has 0 bridgehead atoms. The second-order valence-electron chi connectivity index (χ2n) is 3.19. The third-order valence-electron chi connectivity index (χ3n) is 2.00. The lowest BCUT2D eigenvalue weighted by Gasteiger charge is -2.21. The van der Waals surface area contributed by atoms with Crippen molar-refractivity contribution >= 4 is 44.3 Å². The molecule has 1 rings (SSSR count). The molecule has 0 aliphatic carbocycles. The number of benzene rings is 1. The Labute approximate surface area is 119 Å². The minimum atomic E-state index is -4.72. The Balaban J connectivity index is 0.00000256. The van der Waals surface area contributed by atoms with E-state index in [9.17, 15) is 13.2 Å². The lowest BCUT2D eigenvalue weighted by atomic mass is 10.0. The van der Waals surface area contributed by atoms with Crippen molar-refractivity contribution < 1.29 is 18.3 Å². The maximum atomic E-state index is 12.2. The average molecular weight is 399 g/mol. The molecule has 0 heterocycles. The first-order chi connectivity index (χ1) is 7.23. The van der Waals surface area contributed by atoms with Crippen molar-refractivity contribution in [3.63, 3.8) is 0 Å². The number of hydrogen-bond acceptors (Lipinski definition) is 2. The number of alkyl halides is 3.